The van der Waals surface area contributed by atoms with E-state index in [1.807, 2.05) is 30.2 Å². The number of aryl methyl sites for hydroxylation is 1. The highest BCUT2D eigenvalue weighted by Crippen LogP contribution is 2.34. The average Bonchev–Trinajstić information content (AvgIpc) is 2.97. The van der Waals surface area contributed by atoms with Gasteiger partial charge in [0.15, 0.2) is 0 Å². The van der Waals surface area contributed by atoms with Crippen LogP contribution >= 0.6 is 0 Å². The number of hydrogen-bond acceptors (Lipinski definition) is 3. The Balaban J connectivity index is 1.67. The normalized spacial score (nSPS) is 20.8. The van der Waals surface area contributed by atoms with Crippen molar-refractivity contribution in [2.75, 3.05) is 13.1 Å². The Labute approximate surface area is 147 Å². The lowest BCUT2D eigenvalue weighted by molar-refractivity contribution is 0.0643. The lowest BCUT2D eigenvalue weighted by Gasteiger charge is -2.41. The Kier molecular flexibility index (Phi) is 3.79. The molecule has 3 aromatic rings. The van der Waals surface area contributed by atoms with Crippen LogP contribution in [0.25, 0.3) is 5.78 Å². The monoisotopic (exact) mass is 334 g/mol. The molecular formula is C20H22N4O. The predicted molar refractivity (Wildman–Crippen MR) is 96.7 cm³/mol. The molecule has 25 heavy (non-hydrogen) atoms. The maximum atomic E-state index is 13.3. The van der Waals surface area contributed by atoms with Crippen LogP contribution in [0.1, 0.15) is 41.5 Å². The molecule has 0 N–H and O–H groups in total. The zero-order chi connectivity index (χ0) is 17.4. The number of imidazole rings is 1. The smallest absolute Gasteiger partial charge is 0.272 e. The summed E-state index contributed by atoms with van der Waals surface area (Å²) in [7, 11) is 0. The van der Waals surface area contributed by atoms with Crippen molar-refractivity contribution in [1.82, 2.24) is 19.3 Å². The van der Waals surface area contributed by atoms with Crippen LogP contribution in [-0.2, 0) is 5.41 Å². The number of hydrogen-bond donors (Lipinski definition) is 0. The summed E-state index contributed by atoms with van der Waals surface area (Å²) < 4.78 is 1.80. The molecule has 0 spiro atoms. The summed E-state index contributed by atoms with van der Waals surface area (Å²) in [5.74, 6) is 0.617. The fraction of sp³-hybridized carbons (Fsp3) is 0.350. The quantitative estimate of drug-likeness (QED) is 0.723. The Bertz CT molecular complexity index is 918. The first kappa shape index (κ1) is 15.8. The SMILES string of the molecule is Cc1nc2ncccn2c1C(=O)N1CCC[C@](C)(c2ccccc2)C1. The number of likely N-dealkylation sites (tertiary alicyclic amines) is 1. The minimum atomic E-state index is -0.0121. The molecule has 1 aliphatic rings. The topological polar surface area (TPSA) is 50.5 Å². The van der Waals surface area contributed by atoms with E-state index in [9.17, 15) is 4.79 Å². The highest BCUT2D eigenvalue weighted by atomic mass is 16.2. The molecule has 1 aliphatic heterocycles. The molecule has 1 aromatic carbocycles. The van der Waals surface area contributed by atoms with E-state index in [2.05, 4.69) is 41.2 Å². The molecule has 5 nitrogen and oxygen atoms in total. The summed E-state index contributed by atoms with van der Waals surface area (Å²) in [6.07, 6.45) is 5.65. The van der Waals surface area contributed by atoms with Crippen molar-refractivity contribution in [3.63, 3.8) is 0 Å². The minimum Gasteiger partial charge on any atom is -0.336 e. The summed E-state index contributed by atoms with van der Waals surface area (Å²) in [5.41, 5.74) is 2.64. The van der Waals surface area contributed by atoms with E-state index in [4.69, 9.17) is 0 Å². The van der Waals surface area contributed by atoms with Crippen molar-refractivity contribution >= 4 is 11.7 Å². The van der Waals surface area contributed by atoms with Crippen LogP contribution in [0.3, 0.4) is 0 Å². The van der Waals surface area contributed by atoms with Gasteiger partial charge in [-0.1, -0.05) is 37.3 Å². The van der Waals surface area contributed by atoms with Gasteiger partial charge in [0.05, 0.1) is 5.69 Å². The van der Waals surface area contributed by atoms with Gasteiger partial charge in [-0.05, 0) is 31.4 Å². The minimum absolute atomic E-state index is 0.0121. The molecule has 5 heteroatoms. The van der Waals surface area contributed by atoms with Crippen molar-refractivity contribution in [2.24, 2.45) is 0 Å². The summed E-state index contributed by atoms with van der Waals surface area (Å²) in [6, 6.07) is 12.3. The summed E-state index contributed by atoms with van der Waals surface area (Å²) >= 11 is 0. The zero-order valence-corrected chi connectivity index (χ0v) is 14.6. The van der Waals surface area contributed by atoms with Crippen molar-refractivity contribution < 1.29 is 4.79 Å². The molecule has 3 heterocycles. The maximum Gasteiger partial charge on any atom is 0.272 e. The van der Waals surface area contributed by atoms with Crippen LogP contribution in [0, 0.1) is 6.92 Å². The first-order valence-corrected chi connectivity index (χ1v) is 8.73. The molecule has 0 unspecified atom stereocenters. The third-order valence-corrected chi connectivity index (χ3v) is 5.23. The molecule has 1 fully saturated rings. The third kappa shape index (κ3) is 2.69. The molecule has 2 aromatic heterocycles. The first-order chi connectivity index (χ1) is 12.1. The number of benzene rings is 1. The molecule has 1 atom stereocenters. The number of carbonyl (C=O) groups is 1. The second-order valence-corrected chi connectivity index (χ2v) is 7.09. The van der Waals surface area contributed by atoms with Crippen molar-refractivity contribution in [3.8, 4) is 0 Å². The molecule has 1 saturated heterocycles. The van der Waals surface area contributed by atoms with Gasteiger partial charge in [-0.15, -0.1) is 0 Å². The number of rotatable bonds is 2. The Morgan fingerprint density at radius 1 is 1.20 bits per heavy atom. The van der Waals surface area contributed by atoms with Crippen LogP contribution < -0.4 is 0 Å². The van der Waals surface area contributed by atoms with Crippen LogP contribution in [0.2, 0.25) is 0 Å². The molecule has 0 saturated carbocycles. The highest BCUT2D eigenvalue weighted by molar-refractivity contribution is 5.94. The molecule has 0 bridgehead atoms. The van der Waals surface area contributed by atoms with Crippen LogP contribution in [-0.4, -0.2) is 38.3 Å². The van der Waals surface area contributed by atoms with Crippen LogP contribution in [0.4, 0.5) is 0 Å². The Morgan fingerprint density at radius 2 is 2.00 bits per heavy atom. The van der Waals surface area contributed by atoms with Crippen LogP contribution in [0.5, 0.6) is 0 Å². The van der Waals surface area contributed by atoms with Gasteiger partial charge in [0, 0.05) is 30.9 Å². The van der Waals surface area contributed by atoms with Crippen molar-refractivity contribution in [1.29, 1.82) is 0 Å². The maximum absolute atomic E-state index is 13.3. The van der Waals surface area contributed by atoms with Gasteiger partial charge in [-0.25, -0.2) is 9.97 Å². The number of fused-ring (bicyclic) bond motifs is 1. The van der Waals surface area contributed by atoms with Gasteiger partial charge in [-0.3, -0.25) is 9.20 Å². The van der Waals surface area contributed by atoms with E-state index in [0.29, 0.717) is 11.5 Å². The van der Waals surface area contributed by atoms with Gasteiger partial charge in [0.25, 0.3) is 5.91 Å². The van der Waals surface area contributed by atoms with E-state index < -0.39 is 0 Å². The lowest BCUT2D eigenvalue weighted by Crippen LogP contribution is -2.47. The van der Waals surface area contributed by atoms with Crippen molar-refractivity contribution in [3.05, 3.63) is 65.7 Å². The molecule has 0 radical (unpaired) electrons. The first-order valence-electron chi connectivity index (χ1n) is 8.73. The van der Waals surface area contributed by atoms with Gasteiger partial charge in [0.1, 0.15) is 5.69 Å². The molecule has 4 rings (SSSR count). The van der Waals surface area contributed by atoms with Gasteiger partial charge in [0.2, 0.25) is 5.78 Å². The Morgan fingerprint density at radius 3 is 2.80 bits per heavy atom. The van der Waals surface area contributed by atoms with E-state index in [-0.39, 0.29) is 11.3 Å². The highest BCUT2D eigenvalue weighted by Gasteiger charge is 2.36. The van der Waals surface area contributed by atoms with E-state index >= 15 is 0 Å². The average molecular weight is 334 g/mol. The largest absolute Gasteiger partial charge is 0.336 e. The summed E-state index contributed by atoms with van der Waals surface area (Å²) in [5, 5.41) is 0. The summed E-state index contributed by atoms with van der Waals surface area (Å²) in [4.78, 5) is 23.9. The number of amides is 1. The van der Waals surface area contributed by atoms with Crippen LogP contribution in [0.15, 0.2) is 48.8 Å². The molecular weight excluding hydrogens is 312 g/mol. The third-order valence-electron chi connectivity index (χ3n) is 5.23. The Hall–Kier alpha value is -2.69. The number of carbonyl (C=O) groups excluding carboxylic acids is 1. The second-order valence-electron chi connectivity index (χ2n) is 7.09. The second kappa shape index (κ2) is 5.99. The predicted octanol–water partition coefficient (Wildman–Crippen LogP) is 3.23. The van der Waals surface area contributed by atoms with Gasteiger partial charge >= 0.3 is 0 Å². The number of aromatic nitrogens is 3. The number of piperidine rings is 1. The van der Waals surface area contributed by atoms with E-state index in [1.54, 1.807) is 10.6 Å². The van der Waals surface area contributed by atoms with Gasteiger partial charge < -0.3 is 4.90 Å². The molecule has 1 amide bonds. The lowest BCUT2D eigenvalue weighted by atomic mass is 9.76. The standard InChI is InChI=1S/C20H22N4O/c1-15-17(24-13-7-11-21-19(24)22-15)18(25)23-12-6-10-20(2,14-23)16-8-4-3-5-9-16/h3-5,7-9,11,13H,6,10,12,14H2,1-2H3/t20-/m0/s1. The van der Waals surface area contributed by atoms with Gasteiger partial charge in [-0.2, -0.15) is 0 Å². The molecule has 128 valence electrons. The number of nitrogens with zero attached hydrogens (tertiary/aromatic N) is 4. The van der Waals surface area contributed by atoms with Crippen molar-refractivity contribution in [2.45, 2.75) is 32.1 Å². The van der Waals surface area contributed by atoms with E-state index in [1.165, 1.54) is 5.56 Å². The fourth-order valence-electron chi connectivity index (χ4n) is 3.89. The van der Waals surface area contributed by atoms with E-state index in [0.717, 1.165) is 31.6 Å². The zero-order valence-electron chi connectivity index (χ0n) is 14.6. The fourth-order valence-corrected chi connectivity index (χ4v) is 3.89. The molecule has 0 aliphatic carbocycles. The summed E-state index contributed by atoms with van der Waals surface area (Å²) in [6.45, 7) is 5.64.